The Balaban J connectivity index is 2.29. The fourth-order valence-electron chi connectivity index (χ4n) is 1.75. The molecule has 0 aliphatic heterocycles. The number of nitrogens with zero attached hydrogens (tertiary/aromatic N) is 3. The first-order chi connectivity index (χ1) is 10.4. The van der Waals surface area contributed by atoms with Gasteiger partial charge in [-0.3, -0.25) is 0 Å². The second kappa shape index (κ2) is 6.25. The van der Waals surface area contributed by atoms with Crippen molar-refractivity contribution >= 4 is 17.8 Å². The minimum atomic E-state index is -0.634. The van der Waals surface area contributed by atoms with E-state index in [0.717, 1.165) is 0 Å². The molecule has 1 aromatic carbocycles. The first-order valence-electron chi connectivity index (χ1n) is 6.55. The molecule has 0 saturated heterocycles. The van der Waals surface area contributed by atoms with E-state index in [1.54, 1.807) is 38.1 Å². The Morgan fingerprint density at radius 1 is 1.18 bits per heavy atom. The van der Waals surface area contributed by atoms with Crippen LogP contribution in [-0.4, -0.2) is 40.1 Å². The van der Waals surface area contributed by atoms with Crippen molar-refractivity contribution in [1.29, 1.82) is 0 Å². The quantitative estimate of drug-likeness (QED) is 0.845. The van der Waals surface area contributed by atoms with E-state index >= 15 is 0 Å². The molecule has 1 aromatic heterocycles. The van der Waals surface area contributed by atoms with Crippen LogP contribution in [0.3, 0.4) is 0 Å². The fraction of sp³-hybridized carbons (Fsp3) is 0.286. The van der Waals surface area contributed by atoms with E-state index in [1.807, 2.05) is 0 Å². The highest BCUT2D eigenvalue weighted by Crippen LogP contribution is 2.17. The summed E-state index contributed by atoms with van der Waals surface area (Å²) in [7, 11) is 1.30. The number of methoxy groups -OCH3 is 1. The van der Waals surface area contributed by atoms with E-state index in [-0.39, 0.29) is 17.6 Å². The third-order valence-corrected chi connectivity index (χ3v) is 2.77. The van der Waals surface area contributed by atoms with E-state index in [4.69, 9.17) is 10.5 Å². The highest BCUT2D eigenvalue weighted by Gasteiger charge is 2.20. The Kier molecular flexibility index (Phi) is 4.40. The molecule has 0 aliphatic carbocycles. The summed E-state index contributed by atoms with van der Waals surface area (Å²) in [6.07, 6.45) is -0.281. The van der Waals surface area contributed by atoms with Crippen LogP contribution in [0.4, 0.5) is 5.82 Å². The SMILES string of the molecule is COC(=O)c1ccc(-n2nnc(C(=O)OC(C)C)c2N)cc1. The molecule has 116 valence electrons. The maximum absolute atomic E-state index is 11.8. The summed E-state index contributed by atoms with van der Waals surface area (Å²) >= 11 is 0. The van der Waals surface area contributed by atoms with Gasteiger partial charge in [-0.05, 0) is 38.1 Å². The van der Waals surface area contributed by atoms with Gasteiger partial charge in [0.25, 0.3) is 0 Å². The Morgan fingerprint density at radius 2 is 1.82 bits per heavy atom. The molecule has 1 heterocycles. The molecule has 2 N–H and O–H groups in total. The topological polar surface area (TPSA) is 109 Å². The summed E-state index contributed by atoms with van der Waals surface area (Å²) in [6, 6.07) is 6.37. The lowest BCUT2D eigenvalue weighted by Gasteiger charge is -2.07. The Morgan fingerprint density at radius 3 is 2.36 bits per heavy atom. The van der Waals surface area contributed by atoms with Crippen molar-refractivity contribution in [3.63, 3.8) is 0 Å². The summed E-state index contributed by atoms with van der Waals surface area (Å²) in [5.74, 6) is -1.01. The molecule has 8 heteroatoms. The molecule has 0 unspecified atom stereocenters. The van der Waals surface area contributed by atoms with Crippen molar-refractivity contribution in [2.45, 2.75) is 20.0 Å². The Labute approximate surface area is 126 Å². The predicted octanol–water partition coefficient (Wildman–Crippen LogP) is 1.20. The molecular weight excluding hydrogens is 288 g/mol. The monoisotopic (exact) mass is 304 g/mol. The van der Waals surface area contributed by atoms with Crippen molar-refractivity contribution in [3.05, 3.63) is 35.5 Å². The number of carbonyl (C=O) groups excluding carboxylic acids is 2. The molecule has 0 atom stereocenters. The van der Waals surface area contributed by atoms with Crippen LogP contribution in [0.5, 0.6) is 0 Å². The first-order valence-corrected chi connectivity index (χ1v) is 6.55. The zero-order valence-corrected chi connectivity index (χ0v) is 12.4. The second-order valence-corrected chi connectivity index (χ2v) is 4.73. The minimum absolute atomic E-state index is 0.0502. The summed E-state index contributed by atoms with van der Waals surface area (Å²) in [5, 5.41) is 7.57. The zero-order valence-electron chi connectivity index (χ0n) is 12.4. The molecule has 8 nitrogen and oxygen atoms in total. The molecule has 0 aliphatic rings. The average Bonchev–Trinajstić information content (AvgIpc) is 2.87. The Hall–Kier alpha value is -2.90. The van der Waals surface area contributed by atoms with Crippen molar-refractivity contribution in [2.24, 2.45) is 0 Å². The van der Waals surface area contributed by atoms with Gasteiger partial charge in [-0.15, -0.1) is 5.10 Å². The smallest absolute Gasteiger partial charge is 0.363 e. The number of anilines is 1. The summed E-state index contributed by atoms with van der Waals surface area (Å²) in [5.41, 5.74) is 6.78. The highest BCUT2D eigenvalue weighted by atomic mass is 16.5. The number of esters is 2. The van der Waals surface area contributed by atoms with Gasteiger partial charge in [0.1, 0.15) is 0 Å². The van der Waals surface area contributed by atoms with Gasteiger partial charge in [0, 0.05) is 0 Å². The molecule has 22 heavy (non-hydrogen) atoms. The molecule has 0 saturated carbocycles. The van der Waals surface area contributed by atoms with Crippen LogP contribution in [0.15, 0.2) is 24.3 Å². The lowest BCUT2D eigenvalue weighted by molar-refractivity contribution is 0.0371. The van der Waals surface area contributed by atoms with Crippen LogP contribution in [-0.2, 0) is 9.47 Å². The molecular formula is C14H16N4O4. The van der Waals surface area contributed by atoms with E-state index in [0.29, 0.717) is 11.3 Å². The van der Waals surface area contributed by atoms with Crippen molar-refractivity contribution in [3.8, 4) is 5.69 Å². The average molecular weight is 304 g/mol. The second-order valence-electron chi connectivity index (χ2n) is 4.73. The lowest BCUT2D eigenvalue weighted by atomic mass is 10.2. The molecule has 2 rings (SSSR count). The normalized spacial score (nSPS) is 10.5. The number of aromatic nitrogens is 3. The number of hydrogen-bond donors (Lipinski definition) is 1. The van der Waals surface area contributed by atoms with Crippen LogP contribution >= 0.6 is 0 Å². The first kappa shape index (κ1) is 15.5. The summed E-state index contributed by atoms with van der Waals surface area (Å²) < 4.78 is 10.9. The van der Waals surface area contributed by atoms with Crippen LogP contribution < -0.4 is 5.73 Å². The van der Waals surface area contributed by atoms with Crippen molar-refractivity contribution < 1.29 is 19.1 Å². The largest absolute Gasteiger partial charge is 0.465 e. The van der Waals surface area contributed by atoms with Gasteiger partial charge in [-0.1, -0.05) is 5.21 Å². The van der Waals surface area contributed by atoms with Crippen LogP contribution in [0.1, 0.15) is 34.7 Å². The predicted molar refractivity (Wildman–Crippen MR) is 77.7 cm³/mol. The minimum Gasteiger partial charge on any atom is -0.465 e. The molecule has 0 bridgehead atoms. The maximum Gasteiger partial charge on any atom is 0.363 e. The molecule has 2 aromatic rings. The number of ether oxygens (including phenoxy) is 2. The van der Waals surface area contributed by atoms with Crippen molar-refractivity contribution in [1.82, 2.24) is 15.0 Å². The highest BCUT2D eigenvalue weighted by molar-refractivity contribution is 5.92. The molecule has 0 spiro atoms. The van der Waals surface area contributed by atoms with Gasteiger partial charge >= 0.3 is 11.9 Å². The fourth-order valence-corrected chi connectivity index (χ4v) is 1.75. The maximum atomic E-state index is 11.8. The number of nitrogen functional groups attached to an aromatic ring is 1. The third kappa shape index (κ3) is 3.05. The molecule has 0 radical (unpaired) electrons. The molecule has 0 fully saturated rings. The lowest BCUT2D eigenvalue weighted by Crippen LogP contribution is -2.14. The zero-order chi connectivity index (χ0) is 16.3. The van der Waals surface area contributed by atoms with Gasteiger partial charge < -0.3 is 15.2 Å². The van der Waals surface area contributed by atoms with E-state index < -0.39 is 11.9 Å². The van der Waals surface area contributed by atoms with E-state index in [2.05, 4.69) is 15.0 Å². The van der Waals surface area contributed by atoms with Crippen LogP contribution in [0.25, 0.3) is 5.69 Å². The summed E-state index contributed by atoms with van der Waals surface area (Å²) in [6.45, 7) is 3.45. The van der Waals surface area contributed by atoms with Crippen LogP contribution in [0, 0.1) is 0 Å². The van der Waals surface area contributed by atoms with Gasteiger partial charge in [0.2, 0.25) is 5.69 Å². The number of carbonyl (C=O) groups is 2. The molecule has 0 amide bonds. The number of hydrogen-bond acceptors (Lipinski definition) is 7. The number of rotatable bonds is 4. The van der Waals surface area contributed by atoms with E-state index in [9.17, 15) is 9.59 Å². The van der Waals surface area contributed by atoms with Gasteiger partial charge in [0.15, 0.2) is 5.82 Å². The Bertz CT molecular complexity index is 691. The number of nitrogens with two attached hydrogens (primary N) is 1. The van der Waals surface area contributed by atoms with Crippen molar-refractivity contribution in [2.75, 3.05) is 12.8 Å². The van der Waals surface area contributed by atoms with Crippen LogP contribution in [0.2, 0.25) is 0 Å². The summed E-state index contributed by atoms with van der Waals surface area (Å²) in [4.78, 5) is 23.2. The van der Waals surface area contributed by atoms with Gasteiger partial charge in [-0.2, -0.15) is 4.68 Å². The number of benzene rings is 1. The van der Waals surface area contributed by atoms with E-state index in [1.165, 1.54) is 11.8 Å². The third-order valence-electron chi connectivity index (χ3n) is 2.77. The standard InChI is InChI=1S/C14H16N4O4/c1-8(2)22-14(20)11-12(15)18(17-16-11)10-6-4-9(5-7-10)13(19)21-3/h4-8H,15H2,1-3H3. The van der Waals surface area contributed by atoms with Gasteiger partial charge in [0.05, 0.1) is 24.5 Å². The van der Waals surface area contributed by atoms with Gasteiger partial charge in [-0.25, -0.2) is 9.59 Å².